The first-order chi connectivity index (χ1) is 7.45. The largest absolute Gasteiger partial charge is 0.318 e. The van der Waals surface area contributed by atoms with Crippen molar-refractivity contribution in [3.63, 3.8) is 0 Å². The van der Waals surface area contributed by atoms with E-state index >= 15 is 0 Å². The third-order valence-corrected chi connectivity index (χ3v) is 5.49. The Bertz CT molecular complexity index is 430. The molecule has 0 saturated heterocycles. The lowest BCUT2D eigenvalue weighted by atomic mass is 10.5. The van der Waals surface area contributed by atoms with Gasteiger partial charge in [-0.1, -0.05) is 0 Å². The van der Waals surface area contributed by atoms with E-state index in [0.717, 1.165) is 8.66 Å². The fourth-order valence-electron chi connectivity index (χ4n) is 1.16. The van der Waals surface area contributed by atoms with Gasteiger partial charge < -0.3 is 5.32 Å². The molecule has 92 valence electrons. The van der Waals surface area contributed by atoms with Crippen LogP contribution in [0.4, 0.5) is 0 Å². The molecule has 0 radical (unpaired) electrons. The van der Waals surface area contributed by atoms with Crippen LogP contribution in [0.15, 0.2) is 15.9 Å². The van der Waals surface area contributed by atoms with Crippen molar-refractivity contribution in [3.05, 3.63) is 20.8 Å². The van der Waals surface area contributed by atoms with Gasteiger partial charge in [0.2, 0.25) is 10.0 Å². The summed E-state index contributed by atoms with van der Waals surface area (Å²) in [6.45, 7) is 2.49. The Morgan fingerprint density at radius 1 is 1.50 bits per heavy atom. The zero-order valence-electron chi connectivity index (χ0n) is 9.16. The fraction of sp³-hybridized carbons (Fsp3) is 0.556. The van der Waals surface area contributed by atoms with Crippen LogP contribution < -0.4 is 10.0 Å². The van der Waals surface area contributed by atoms with Gasteiger partial charge in [-0.2, -0.15) is 0 Å². The highest BCUT2D eigenvalue weighted by molar-refractivity contribution is 9.11. The topological polar surface area (TPSA) is 58.2 Å². The molecule has 0 spiro atoms. The van der Waals surface area contributed by atoms with Crippen molar-refractivity contribution >= 4 is 37.3 Å². The number of hydrogen-bond acceptors (Lipinski definition) is 4. The molecule has 1 heterocycles. The first-order valence-electron chi connectivity index (χ1n) is 4.83. The molecule has 0 aliphatic carbocycles. The summed E-state index contributed by atoms with van der Waals surface area (Å²) in [4.78, 5) is 0.993. The molecule has 4 nitrogen and oxygen atoms in total. The second-order valence-corrected chi connectivity index (χ2v) is 8.17. The van der Waals surface area contributed by atoms with Crippen molar-refractivity contribution in [3.8, 4) is 0 Å². The first-order valence-corrected chi connectivity index (χ1v) is 7.98. The average Bonchev–Trinajstić information content (AvgIpc) is 2.62. The lowest BCUT2D eigenvalue weighted by molar-refractivity contribution is 0.564. The summed E-state index contributed by atoms with van der Waals surface area (Å²) in [5.74, 6) is 0. The maximum Gasteiger partial charge on any atom is 0.215 e. The number of nitrogens with one attached hydrogen (secondary N) is 2. The Labute approximate surface area is 109 Å². The molecule has 0 fully saturated rings. The van der Waals surface area contributed by atoms with E-state index in [1.54, 1.807) is 14.0 Å². The lowest BCUT2D eigenvalue weighted by Crippen LogP contribution is -2.37. The Morgan fingerprint density at radius 3 is 2.69 bits per heavy atom. The van der Waals surface area contributed by atoms with Gasteiger partial charge in [0.25, 0.3) is 0 Å². The lowest BCUT2D eigenvalue weighted by Gasteiger charge is -2.12. The van der Waals surface area contributed by atoms with Crippen molar-refractivity contribution in [2.45, 2.75) is 18.7 Å². The van der Waals surface area contributed by atoms with Crippen LogP contribution in [0.25, 0.3) is 0 Å². The minimum absolute atomic E-state index is 0.354. The molecule has 7 heteroatoms. The van der Waals surface area contributed by atoms with Crippen LogP contribution in [0.3, 0.4) is 0 Å². The normalized spacial score (nSPS) is 13.9. The molecule has 1 aromatic heterocycles. The second-order valence-electron chi connectivity index (χ2n) is 3.44. The van der Waals surface area contributed by atoms with Crippen molar-refractivity contribution in [1.82, 2.24) is 10.0 Å². The molecule has 1 unspecified atom stereocenters. The van der Waals surface area contributed by atoms with Gasteiger partial charge in [0, 0.05) is 18.0 Å². The maximum atomic E-state index is 11.7. The van der Waals surface area contributed by atoms with Crippen molar-refractivity contribution < 1.29 is 8.42 Å². The first kappa shape index (κ1) is 14.1. The van der Waals surface area contributed by atoms with Crippen LogP contribution in [-0.4, -0.2) is 27.3 Å². The van der Waals surface area contributed by atoms with E-state index in [2.05, 4.69) is 26.0 Å². The van der Waals surface area contributed by atoms with E-state index in [0.29, 0.717) is 13.1 Å². The highest BCUT2D eigenvalue weighted by Crippen LogP contribution is 2.21. The van der Waals surface area contributed by atoms with Crippen molar-refractivity contribution in [2.24, 2.45) is 0 Å². The van der Waals surface area contributed by atoms with Gasteiger partial charge in [0.15, 0.2) is 0 Å². The van der Waals surface area contributed by atoms with E-state index in [-0.39, 0.29) is 0 Å². The summed E-state index contributed by atoms with van der Waals surface area (Å²) in [7, 11) is -1.49. The molecule has 2 N–H and O–H groups in total. The Kier molecular flexibility index (Phi) is 5.39. The number of sulfonamides is 1. The molecule has 1 aromatic rings. The Hall–Kier alpha value is 0.0500. The average molecular weight is 327 g/mol. The van der Waals surface area contributed by atoms with E-state index in [1.807, 2.05) is 12.1 Å². The zero-order valence-corrected chi connectivity index (χ0v) is 12.4. The predicted octanol–water partition coefficient (Wildman–Crippen LogP) is 1.54. The van der Waals surface area contributed by atoms with Crippen LogP contribution in [0.2, 0.25) is 0 Å². The molecule has 16 heavy (non-hydrogen) atoms. The Balaban J connectivity index is 2.54. The Morgan fingerprint density at radius 2 is 2.19 bits per heavy atom. The summed E-state index contributed by atoms with van der Waals surface area (Å²) in [5, 5.41) is 2.42. The molecule has 0 aliphatic rings. The summed E-state index contributed by atoms with van der Waals surface area (Å²) in [6.07, 6.45) is 0. The number of thiophene rings is 1. The molecule has 0 bridgehead atoms. The van der Waals surface area contributed by atoms with Crippen LogP contribution >= 0.6 is 27.3 Å². The van der Waals surface area contributed by atoms with Crippen LogP contribution in [0.5, 0.6) is 0 Å². The summed E-state index contributed by atoms with van der Waals surface area (Å²) < 4.78 is 27.1. The van der Waals surface area contributed by atoms with Crippen LogP contribution in [-0.2, 0) is 16.6 Å². The van der Waals surface area contributed by atoms with Crippen molar-refractivity contribution in [2.75, 3.05) is 13.6 Å². The molecule has 0 aliphatic heterocycles. The minimum Gasteiger partial charge on any atom is -0.318 e. The van der Waals surface area contributed by atoms with Gasteiger partial charge >= 0.3 is 0 Å². The summed E-state index contributed by atoms with van der Waals surface area (Å²) in [6, 6.07) is 3.81. The van der Waals surface area contributed by atoms with E-state index in [9.17, 15) is 8.42 Å². The third kappa shape index (κ3) is 4.14. The maximum absolute atomic E-state index is 11.7. The number of hydrogen-bond donors (Lipinski definition) is 2. The van der Waals surface area contributed by atoms with Gasteiger partial charge in [-0.25, -0.2) is 13.1 Å². The molecular formula is C9H15BrN2O2S2. The van der Waals surface area contributed by atoms with Gasteiger partial charge in [0.1, 0.15) is 0 Å². The van der Waals surface area contributed by atoms with Crippen LogP contribution in [0, 0.1) is 0 Å². The fourth-order valence-corrected chi connectivity index (χ4v) is 3.70. The molecule has 0 amide bonds. The highest BCUT2D eigenvalue weighted by atomic mass is 79.9. The quantitative estimate of drug-likeness (QED) is 0.833. The van der Waals surface area contributed by atoms with Gasteiger partial charge in [-0.05, 0) is 42.0 Å². The van der Waals surface area contributed by atoms with E-state index in [4.69, 9.17) is 0 Å². The van der Waals surface area contributed by atoms with Gasteiger partial charge in [-0.15, -0.1) is 11.3 Å². The van der Waals surface area contributed by atoms with Crippen molar-refractivity contribution in [1.29, 1.82) is 0 Å². The molecule has 0 saturated carbocycles. The predicted molar refractivity (Wildman–Crippen MR) is 71.2 cm³/mol. The van der Waals surface area contributed by atoms with E-state index < -0.39 is 15.3 Å². The standard InChI is InChI=1S/C9H15BrN2O2S2/c1-7(5-11-2)16(13,14)12-6-8-3-4-9(10)15-8/h3-4,7,11-12H,5-6H2,1-2H3. The number of rotatable bonds is 6. The summed E-state index contributed by atoms with van der Waals surface area (Å²) in [5.41, 5.74) is 0. The highest BCUT2D eigenvalue weighted by Gasteiger charge is 2.19. The molecule has 1 atom stereocenters. The second kappa shape index (κ2) is 6.11. The zero-order chi connectivity index (χ0) is 12.2. The molecular weight excluding hydrogens is 312 g/mol. The smallest absolute Gasteiger partial charge is 0.215 e. The van der Waals surface area contributed by atoms with E-state index in [1.165, 1.54) is 11.3 Å². The SMILES string of the molecule is CNCC(C)S(=O)(=O)NCc1ccc(Br)s1. The molecule has 0 aromatic carbocycles. The monoisotopic (exact) mass is 326 g/mol. The number of halogens is 1. The van der Waals surface area contributed by atoms with Gasteiger partial charge in [0.05, 0.1) is 9.04 Å². The summed E-state index contributed by atoms with van der Waals surface area (Å²) >= 11 is 4.87. The minimum atomic E-state index is -3.23. The third-order valence-electron chi connectivity index (χ3n) is 2.10. The molecule has 1 rings (SSSR count). The van der Waals surface area contributed by atoms with Crippen LogP contribution in [0.1, 0.15) is 11.8 Å². The van der Waals surface area contributed by atoms with Gasteiger partial charge in [-0.3, -0.25) is 0 Å².